The Morgan fingerprint density at radius 2 is 0.850 bits per heavy atom. The minimum absolute atomic E-state index is 0.182. The van der Waals surface area contributed by atoms with Gasteiger partial charge in [0, 0.05) is 6.61 Å². The van der Waals surface area contributed by atoms with E-state index in [1.807, 2.05) is 6.08 Å². The summed E-state index contributed by atoms with van der Waals surface area (Å²) < 4.78 is 0. The molecule has 0 amide bonds. The first-order chi connectivity index (χ1) is 9.91. The Balaban J connectivity index is 2.94. The van der Waals surface area contributed by atoms with E-state index in [4.69, 9.17) is 10.2 Å². The molecule has 0 atom stereocenters. The molecule has 0 fully saturated rings. The molecule has 0 aliphatic carbocycles. The molecule has 0 saturated carbocycles. The molecule has 0 saturated heterocycles. The molecule has 0 bridgehead atoms. The zero-order valence-electron chi connectivity index (χ0n) is 13.4. The molecule has 0 aliphatic rings. The number of aliphatic hydroxyl groups excluding tert-OH is 2. The topological polar surface area (TPSA) is 40.5 Å². The van der Waals surface area contributed by atoms with Crippen LogP contribution in [-0.2, 0) is 0 Å². The van der Waals surface area contributed by atoms with E-state index in [1.54, 1.807) is 0 Å². The van der Waals surface area contributed by atoms with Crippen molar-refractivity contribution in [1.29, 1.82) is 0 Å². The standard InChI is InChI=1S/C18H36O2/c19-17-15-13-11-9-7-5-3-1-2-4-6-8-10-12-14-16-18-20/h13,15,19-20H,1-12,14,16-18H2. The summed E-state index contributed by atoms with van der Waals surface area (Å²) in [5, 5.41) is 17.3. The number of hydrogen-bond acceptors (Lipinski definition) is 2. The summed E-state index contributed by atoms with van der Waals surface area (Å²) in [7, 11) is 0. The third kappa shape index (κ3) is 17.7. The molecule has 2 nitrogen and oxygen atoms in total. The molecule has 0 unspecified atom stereocenters. The Morgan fingerprint density at radius 1 is 0.450 bits per heavy atom. The highest BCUT2D eigenvalue weighted by Crippen LogP contribution is 2.12. The molecule has 0 aromatic carbocycles. The number of hydrogen-bond donors (Lipinski definition) is 2. The third-order valence-corrected chi connectivity index (χ3v) is 3.80. The summed E-state index contributed by atoms with van der Waals surface area (Å²) in [5.74, 6) is 0. The highest BCUT2D eigenvalue weighted by Gasteiger charge is 1.93. The fourth-order valence-corrected chi connectivity index (χ4v) is 2.51. The van der Waals surface area contributed by atoms with Crippen LogP contribution in [0.25, 0.3) is 0 Å². The lowest BCUT2D eigenvalue weighted by Gasteiger charge is -2.02. The van der Waals surface area contributed by atoms with Crippen molar-refractivity contribution >= 4 is 0 Å². The molecule has 0 aromatic heterocycles. The average Bonchev–Trinajstić information content (AvgIpc) is 2.47. The largest absolute Gasteiger partial charge is 0.396 e. The van der Waals surface area contributed by atoms with Gasteiger partial charge in [-0.3, -0.25) is 0 Å². The molecule has 0 heterocycles. The molecule has 2 N–H and O–H groups in total. The van der Waals surface area contributed by atoms with E-state index < -0.39 is 0 Å². The number of allylic oxidation sites excluding steroid dienone is 1. The molecule has 0 aromatic rings. The van der Waals surface area contributed by atoms with Crippen LogP contribution in [0.15, 0.2) is 12.2 Å². The first-order valence-electron chi connectivity index (χ1n) is 8.78. The monoisotopic (exact) mass is 284 g/mol. The summed E-state index contributed by atoms with van der Waals surface area (Å²) in [6.45, 7) is 0.541. The Hall–Kier alpha value is -0.340. The van der Waals surface area contributed by atoms with Gasteiger partial charge in [0.2, 0.25) is 0 Å². The van der Waals surface area contributed by atoms with Crippen LogP contribution in [0.1, 0.15) is 89.9 Å². The second kappa shape index (κ2) is 18.7. The fourth-order valence-electron chi connectivity index (χ4n) is 2.51. The van der Waals surface area contributed by atoms with E-state index in [2.05, 4.69) is 6.08 Å². The highest BCUT2D eigenvalue weighted by molar-refractivity contribution is 4.80. The van der Waals surface area contributed by atoms with Crippen LogP contribution in [-0.4, -0.2) is 23.4 Å². The van der Waals surface area contributed by atoms with E-state index in [-0.39, 0.29) is 6.61 Å². The van der Waals surface area contributed by atoms with Gasteiger partial charge in [0.15, 0.2) is 0 Å². The maximum Gasteiger partial charge on any atom is 0.0612 e. The smallest absolute Gasteiger partial charge is 0.0612 e. The van der Waals surface area contributed by atoms with Gasteiger partial charge in [0.25, 0.3) is 0 Å². The number of rotatable bonds is 16. The molecular weight excluding hydrogens is 248 g/mol. The predicted octanol–water partition coefficient (Wildman–Crippen LogP) is 4.99. The van der Waals surface area contributed by atoms with Crippen molar-refractivity contribution in [2.24, 2.45) is 0 Å². The Kier molecular flexibility index (Phi) is 18.3. The second-order valence-corrected chi connectivity index (χ2v) is 5.76. The quantitative estimate of drug-likeness (QED) is 0.310. The van der Waals surface area contributed by atoms with E-state index in [1.165, 1.54) is 77.0 Å². The number of aliphatic hydroxyl groups is 2. The van der Waals surface area contributed by atoms with Gasteiger partial charge in [0.1, 0.15) is 0 Å². The van der Waals surface area contributed by atoms with E-state index >= 15 is 0 Å². The van der Waals surface area contributed by atoms with Crippen molar-refractivity contribution in [3.63, 3.8) is 0 Å². The lowest BCUT2D eigenvalue weighted by Crippen LogP contribution is -1.85. The Labute approximate surface area is 126 Å². The van der Waals surface area contributed by atoms with Crippen LogP contribution in [0.3, 0.4) is 0 Å². The van der Waals surface area contributed by atoms with Gasteiger partial charge in [-0.15, -0.1) is 0 Å². The minimum Gasteiger partial charge on any atom is -0.396 e. The Bertz CT molecular complexity index is 190. The molecule has 0 spiro atoms. The van der Waals surface area contributed by atoms with Crippen LogP contribution < -0.4 is 0 Å². The Morgan fingerprint density at radius 3 is 1.25 bits per heavy atom. The zero-order valence-corrected chi connectivity index (χ0v) is 13.4. The van der Waals surface area contributed by atoms with Crippen LogP contribution in [0.4, 0.5) is 0 Å². The zero-order chi connectivity index (χ0) is 14.7. The summed E-state index contributed by atoms with van der Waals surface area (Å²) in [4.78, 5) is 0. The van der Waals surface area contributed by atoms with Crippen molar-refractivity contribution in [2.75, 3.05) is 13.2 Å². The maximum atomic E-state index is 8.67. The molecule has 20 heavy (non-hydrogen) atoms. The van der Waals surface area contributed by atoms with E-state index in [9.17, 15) is 0 Å². The van der Waals surface area contributed by atoms with Crippen molar-refractivity contribution < 1.29 is 10.2 Å². The first kappa shape index (κ1) is 19.7. The molecular formula is C18H36O2. The van der Waals surface area contributed by atoms with Crippen molar-refractivity contribution in [3.05, 3.63) is 12.2 Å². The van der Waals surface area contributed by atoms with Crippen LogP contribution in [0.2, 0.25) is 0 Å². The lowest BCUT2D eigenvalue weighted by molar-refractivity contribution is 0.282. The van der Waals surface area contributed by atoms with Crippen molar-refractivity contribution in [3.8, 4) is 0 Å². The van der Waals surface area contributed by atoms with Gasteiger partial charge in [0.05, 0.1) is 6.61 Å². The summed E-state index contributed by atoms with van der Waals surface area (Å²) in [6, 6.07) is 0. The predicted molar refractivity (Wildman–Crippen MR) is 87.9 cm³/mol. The fraction of sp³-hybridized carbons (Fsp3) is 0.889. The summed E-state index contributed by atoms with van der Waals surface area (Å²) in [5.41, 5.74) is 0. The summed E-state index contributed by atoms with van der Waals surface area (Å²) in [6.07, 6.45) is 22.2. The minimum atomic E-state index is 0.182. The lowest BCUT2D eigenvalue weighted by atomic mass is 10.0. The molecule has 2 heteroatoms. The maximum absolute atomic E-state index is 8.67. The first-order valence-corrected chi connectivity index (χ1v) is 8.78. The van der Waals surface area contributed by atoms with Gasteiger partial charge >= 0.3 is 0 Å². The van der Waals surface area contributed by atoms with Crippen LogP contribution in [0.5, 0.6) is 0 Å². The summed E-state index contributed by atoms with van der Waals surface area (Å²) >= 11 is 0. The number of unbranched alkanes of at least 4 members (excludes halogenated alkanes) is 13. The SMILES string of the molecule is OCC=CCCCCCCCCCCCCCCCO. The van der Waals surface area contributed by atoms with Crippen molar-refractivity contribution in [1.82, 2.24) is 0 Å². The van der Waals surface area contributed by atoms with Crippen LogP contribution >= 0.6 is 0 Å². The van der Waals surface area contributed by atoms with Crippen molar-refractivity contribution in [2.45, 2.75) is 89.9 Å². The molecule has 0 radical (unpaired) electrons. The van der Waals surface area contributed by atoms with Crippen LogP contribution in [0, 0.1) is 0 Å². The van der Waals surface area contributed by atoms with Gasteiger partial charge in [-0.2, -0.15) is 0 Å². The van der Waals surface area contributed by atoms with Gasteiger partial charge in [-0.1, -0.05) is 82.8 Å². The van der Waals surface area contributed by atoms with E-state index in [0.29, 0.717) is 6.61 Å². The molecule has 120 valence electrons. The molecule has 0 aliphatic heterocycles. The molecule has 0 rings (SSSR count). The second-order valence-electron chi connectivity index (χ2n) is 5.76. The van der Waals surface area contributed by atoms with Gasteiger partial charge in [-0.25, -0.2) is 0 Å². The van der Waals surface area contributed by atoms with Gasteiger partial charge in [-0.05, 0) is 19.3 Å². The third-order valence-electron chi connectivity index (χ3n) is 3.80. The van der Waals surface area contributed by atoms with Gasteiger partial charge < -0.3 is 10.2 Å². The average molecular weight is 284 g/mol. The normalized spacial score (nSPS) is 11.5. The highest BCUT2D eigenvalue weighted by atomic mass is 16.3. The van der Waals surface area contributed by atoms with E-state index in [0.717, 1.165) is 12.8 Å².